The first-order valence-electron chi connectivity index (χ1n) is 8.25. The minimum absolute atomic E-state index is 0.0169. The van der Waals surface area contributed by atoms with Gasteiger partial charge in [-0.1, -0.05) is 17.7 Å². The molecule has 1 aromatic heterocycles. The Hall–Kier alpha value is -3.19. The van der Waals surface area contributed by atoms with Crippen LogP contribution in [0.25, 0.3) is 0 Å². The molecule has 0 saturated carbocycles. The van der Waals surface area contributed by atoms with Crippen molar-refractivity contribution >= 4 is 28.6 Å². The highest BCUT2D eigenvalue weighted by Gasteiger charge is 2.11. The van der Waals surface area contributed by atoms with E-state index in [2.05, 4.69) is 5.32 Å². The second kappa shape index (κ2) is 8.01. The zero-order valence-corrected chi connectivity index (χ0v) is 15.7. The molecule has 0 spiro atoms. The molecule has 6 nitrogen and oxygen atoms in total. The summed E-state index contributed by atoms with van der Waals surface area (Å²) in [7, 11) is 0. The normalized spacial score (nSPS) is 10.4. The maximum absolute atomic E-state index is 12.4. The Bertz CT molecular complexity index is 980. The lowest BCUT2D eigenvalue weighted by Gasteiger charge is -2.08. The number of aryl methyl sites for hydroxylation is 2. The molecule has 0 saturated heterocycles. The molecule has 138 valence electrons. The van der Waals surface area contributed by atoms with Gasteiger partial charge in [0.1, 0.15) is 12.4 Å². The van der Waals surface area contributed by atoms with Crippen molar-refractivity contribution in [1.29, 1.82) is 0 Å². The zero-order chi connectivity index (χ0) is 19.4. The lowest BCUT2D eigenvalue weighted by Crippen LogP contribution is -2.11. The number of amides is 1. The van der Waals surface area contributed by atoms with E-state index in [0.29, 0.717) is 10.6 Å². The molecule has 27 heavy (non-hydrogen) atoms. The smallest absolute Gasteiger partial charge is 0.269 e. The Morgan fingerprint density at radius 3 is 2.56 bits per heavy atom. The van der Waals surface area contributed by atoms with Crippen molar-refractivity contribution < 1.29 is 14.5 Å². The van der Waals surface area contributed by atoms with E-state index in [0.717, 1.165) is 22.4 Å². The summed E-state index contributed by atoms with van der Waals surface area (Å²) in [6, 6.07) is 13.6. The highest BCUT2D eigenvalue weighted by Crippen LogP contribution is 2.22. The minimum Gasteiger partial charge on any atom is -0.489 e. The molecular formula is C20H18N2O4S. The predicted octanol–water partition coefficient (Wildman–Crippen LogP) is 5.10. The van der Waals surface area contributed by atoms with E-state index < -0.39 is 4.92 Å². The first-order valence-corrected chi connectivity index (χ1v) is 9.13. The van der Waals surface area contributed by atoms with Gasteiger partial charge in [-0.3, -0.25) is 14.9 Å². The van der Waals surface area contributed by atoms with Gasteiger partial charge in [-0.05, 0) is 49.1 Å². The van der Waals surface area contributed by atoms with Crippen LogP contribution in [0.3, 0.4) is 0 Å². The predicted molar refractivity (Wildman–Crippen MR) is 106 cm³/mol. The van der Waals surface area contributed by atoms with Crippen LogP contribution in [0, 0.1) is 24.0 Å². The molecule has 0 aliphatic heterocycles. The van der Waals surface area contributed by atoms with Crippen molar-refractivity contribution in [3.8, 4) is 5.75 Å². The van der Waals surface area contributed by atoms with Crippen LogP contribution in [-0.4, -0.2) is 10.8 Å². The molecule has 3 rings (SSSR count). The van der Waals surface area contributed by atoms with Crippen LogP contribution in [0.15, 0.2) is 53.9 Å². The maximum atomic E-state index is 12.4. The molecule has 0 radical (unpaired) electrons. The highest BCUT2D eigenvalue weighted by molar-refractivity contribution is 7.12. The summed E-state index contributed by atoms with van der Waals surface area (Å²) in [5, 5.41) is 15.4. The largest absolute Gasteiger partial charge is 0.489 e. The van der Waals surface area contributed by atoms with Crippen LogP contribution in [0.2, 0.25) is 0 Å². The van der Waals surface area contributed by atoms with Gasteiger partial charge in [-0.15, -0.1) is 11.3 Å². The second-order valence-electron chi connectivity index (χ2n) is 6.13. The molecule has 0 atom stereocenters. The van der Waals surface area contributed by atoms with E-state index in [4.69, 9.17) is 4.74 Å². The summed E-state index contributed by atoms with van der Waals surface area (Å²) in [5.74, 6) is 0.377. The highest BCUT2D eigenvalue weighted by atomic mass is 32.1. The van der Waals surface area contributed by atoms with Gasteiger partial charge < -0.3 is 10.1 Å². The topological polar surface area (TPSA) is 81.5 Å². The van der Waals surface area contributed by atoms with Gasteiger partial charge in [-0.25, -0.2) is 0 Å². The Morgan fingerprint density at radius 2 is 1.89 bits per heavy atom. The van der Waals surface area contributed by atoms with E-state index in [1.54, 1.807) is 18.2 Å². The number of thiophene rings is 1. The average Bonchev–Trinajstić information content (AvgIpc) is 3.12. The second-order valence-corrected chi connectivity index (χ2v) is 7.04. The molecule has 0 unspecified atom stereocenters. The summed E-state index contributed by atoms with van der Waals surface area (Å²) >= 11 is 1.35. The van der Waals surface area contributed by atoms with Crippen molar-refractivity contribution in [2.24, 2.45) is 0 Å². The number of carbonyl (C=O) groups is 1. The Balaban J connectivity index is 1.60. The van der Waals surface area contributed by atoms with E-state index in [-0.39, 0.29) is 18.2 Å². The molecule has 2 aromatic carbocycles. The fourth-order valence-electron chi connectivity index (χ4n) is 2.54. The van der Waals surface area contributed by atoms with Gasteiger partial charge in [0.25, 0.3) is 11.6 Å². The molecule has 0 bridgehead atoms. The van der Waals surface area contributed by atoms with Crippen LogP contribution in [0.5, 0.6) is 5.75 Å². The van der Waals surface area contributed by atoms with Crippen molar-refractivity contribution in [1.82, 2.24) is 0 Å². The van der Waals surface area contributed by atoms with Crippen LogP contribution >= 0.6 is 11.3 Å². The number of nitro benzene ring substituents is 1. The Labute approximate surface area is 160 Å². The Morgan fingerprint density at radius 1 is 1.15 bits per heavy atom. The van der Waals surface area contributed by atoms with Gasteiger partial charge in [0.05, 0.1) is 9.80 Å². The molecule has 0 fully saturated rings. The van der Waals surface area contributed by atoms with Gasteiger partial charge >= 0.3 is 0 Å². The van der Waals surface area contributed by atoms with Crippen LogP contribution in [-0.2, 0) is 6.61 Å². The molecule has 3 aromatic rings. The van der Waals surface area contributed by atoms with E-state index in [1.165, 1.54) is 23.5 Å². The summed E-state index contributed by atoms with van der Waals surface area (Å²) < 4.78 is 5.62. The Kier molecular flexibility index (Phi) is 5.52. The number of carbonyl (C=O) groups excluding carboxylic acids is 1. The number of rotatable bonds is 6. The fourth-order valence-corrected chi connectivity index (χ4v) is 3.33. The van der Waals surface area contributed by atoms with Gasteiger partial charge in [0.2, 0.25) is 0 Å². The lowest BCUT2D eigenvalue weighted by molar-refractivity contribution is -0.384. The number of nitrogens with one attached hydrogen (secondary N) is 1. The summed E-state index contributed by atoms with van der Waals surface area (Å²) in [5.41, 5.74) is 3.84. The molecular weight excluding hydrogens is 364 g/mol. The zero-order valence-electron chi connectivity index (χ0n) is 14.9. The van der Waals surface area contributed by atoms with Crippen molar-refractivity contribution in [2.45, 2.75) is 20.5 Å². The summed E-state index contributed by atoms with van der Waals surface area (Å²) in [4.78, 5) is 23.2. The number of hydrogen-bond acceptors (Lipinski definition) is 5. The van der Waals surface area contributed by atoms with Crippen molar-refractivity contribution in [3.63, 3.8) is 0 Å². The van der Waals surface area contributed by atoms with Crippen molar-refractivity contribution in [3.05, 3.63) is 85.6 Å². The lowest BCUT2D eigenvalue weighted by atomic mass is 10.1. The summed E-state index contributed by atoms with van der Waals surface area (Å²) in [6.45, 7) is 4.25. The third kappa shape index (κ3) is 4.71. The number of nitro groups is 1. The van der Waals surface area contributed by atoms with E-state index in [9.17, 15) is 14.9 Å². The maximum Gasteiger partial charge on any atom is 0.269 e. The monoisotopic (exact) mass is 382 g/mol. The average molecular weight is 382 g/mol. The number of hydrogen-bond donors (Lipinski definition) is 1. The minimum atomic E-state index is -0.455. The van der Waals surface area contributed by atoms with Crippen molar-refractivity contribution in [2.75, 3.05) is 5.32 Å². The molecule has 1 N–H and O–H groups in total. The molecule has 1 heterocycles. The molecule has 7 heteroatoms. The number of nitrogens with zero attached hydrogens (tertiary/aromatic N) is 1. The van der Waals surface area contributed by atoms with E-state index in [1.807, 2.05) is 37.4 Å². The number of non-ortho nitro benzene ring substituents is 1. The molecule has 0 aliphatic carbocycles. The molecule has 1 amide bonds. The molecule has 0 aliphatic rings. The first-order chi connectivity index (χ1) is 12.9. The number of anilines is 1. The number of benzene rings is 2. The standard InChI is InChI=1S/C20H18N2O4S/c1-13-3-8-18(14(2)9-13)21-20(23)19-10-15(12-27-19)11-26-17-6-4-16(5-7-17)22(24)25/h3-10,12H,11H2,1-2H3,(H,21,23). The van der Waals surface area contributed by atoms with E-state index >= 15 is 0 Å². The van der Waals surface area contributed by atoms with Gasteiger partial charge in [-0.2, -0.15) is 0 Å². The number of ether oxygens (including phenoxy) is 1. The SMILES string of the molecule is Cc1ccc(NC(=O)c2cc(COc3ccc([N+](=O)[O-])cc3)cs2)c(C)c1. The van der Waals surface area contributed by atoms with Crippen LogP contribution in [0.4, 0.5) is 11.4 Å². The third-order valence-electron chi connectivity index (χ3n) is 3.96. The van der Waals surface area contributed by atoms with Crippen LogP contribution in [0.1, 0.15) is 26.4 Å². The fraction of sp³-hybridized carbons (Fsp3) is 0.150. The quantitative estimate of drug-likeness (QED) is 0.475. The van der Waals surface area contributed by atoms with Gasteiger partial charge in [0.15, 0.2) is 0 Å². The van der Waals surface area contributed by atoms with Gasteiger partial charge in [0, 0.05) is 23.4 Å². The summed E-state index contributed by atoms with van der Waals surface area (Å²) in [6.07, 6.45) is 0. The third-order valence-corrected chi connectivity index (χ3v) is 4.94. The first kappa shape index (κ1) is 18.6. The van der Waals surface area contributed by atoms with Crippen LogP contribution < -0.4 is 10.1 Å².